The molecule has 2 heterocycles. The summed E-state index contributed by atoms with van der Waals surface area (Å²) >= 11 is 0. The van der Waals surface area contributed by atoms with Crippen LogP contribution in [0.15, 0.2) is 18.3 Å². The van der Waals surface area contributed by atoms with Gasteiger partial charge in [-0.05, 0) is 31.1 Å². The molecule has 0 spiro atoms. The van der Waals surface area contributed by atoms with Gasteiger partial charge in [0.1, 0.15) is 5.82 Å². The molecular formula is C12H18N4O. The molecule has 0 aliphatic carbocycles. The first kappa shape index (κ1) is 11.9. The third kappa shape index (κ3) is 3.17. The number of nitrogens with zero attached hydrogens (tertiary/aromatic N) is 2. The minimum Gasteiger partial charge on any atom is -0.363 e. The van der Waals surface area contributed by atoms with Gasteiger partial charge in [0.25, 0.3) is 0 Å². The van der Waals surface area contributed by atoms with Crippen molar-refractivity contribution in [1.82, 2.24) is 10.3 Å². The number of hydrogen-bond donors (Lipinski definition) is 2. The molecule has 1 fully saturated rings. The summed E-state index contributed by atoms with van der Waals surface area (Å²) in [6, 6.07) is 3.76. The van der Waals surface area contributed by atoms with Gasteiger partial charge >= 0.3 is 0 Å². The zero-order valence-corrected chi connectivity index (χ0v) is 10.2. The van der Waals surface area contributed by atoms with E-state index in [2.05, 4.69) is 15.6 Å². The SMILES string of the molecule is CN(C)c1ccc(NC(=O)CC2CNC2)cn1. The summed E-state index contributed by atoms with van der Waals surface area (Å²) in [5.41, 5.74) is 0.757. The van der Waals surface area contributed by atoms with Crippen molar-refractivity contribution in [1.29, 1.82) is 0 Å². The van der Waals surface area contributed by atoms with Crippen molar-refractivity contribution in [3.63, 3.8) is 0 Å². The van der Waals surface area contributed by atoms with E-state index >= 15 is 0 Å². The van der Waals surface area contributed by atoms with Crippen LogP contribution in [0, 0.1) is 5.92 Å². The van der Waals surface area contributed by atoms with E-state index in [1.165, 1.54) is 0 Å². The number of carbonyl (C=O) groups is 1. The average Bonchev–Trinajstić information content (AvgIpc) is 2.24. The number of carbonyl (C=O) groups excluding carboxylic acids is 1. The normalized spacial score (nSPS) is 15.2. The maximum Gasteiger partial charge on any atom is 0.224 e. The molecule has 0 aromatic carbocycles. The Morgan fingerprint density at radius 2 is 2.29 bits per heavy atom. The van der Waals surface area contributed by atoms with Gasteiger partial charge in [-0.15, -0.1) is 0 Å². The first-order valence-corrected chi connectivity index (χ1v) is 5.79. The van der Waals surface area contributed by atoms with Gasteiger partial charge in [-0.1, -0.05) is 0 Å². The molecular weight excluding hydrogens is 216 g/mol. The summed E-state index contributed by atoms with van der Waals surface area (Å²) in [5.74, 6) is 1.44. The van der Waals surface area contributed by atoms with Gasteiger partial charge in [-0.3, -0.25) is 4.79 Å². The largest absolute Gasteiger partial charge is 0.363 e. The van der Waals surface area contributed by atoms with Crippen LogP contribution < -0.4 is 15.5 Å². The van der Waals surface area contributed by atoms with Crippen LogP contribution in [0.4, 0.5) is 11.5 Å². The number of nitrogens with one attached hydrogen (secondary N) is 2. The lowest BCUT2D eigenvalue weighted by Crippen LogP contribution is -2.43. The fraction of sp³-hybridized carbons (Fsp3) is 0.500. The number of hydrogen-bond acceptors (Lipinski definition) is 4. The minimum atomic E-state index is 0.0657. The van der Waals surface area contributed by atoms with Crippen LogP contribution in [0.25, 0.3) is 0 Å². The van der Waals surface area contributed by atoms with E-state index in [9.17, 15) is 4.79 Å². The number of amides is 1. The van der Waals surface area contributed by atoms with Crippen LogP contribution in [-0.2, 0) is 4.79 Å². The third-order valence-corrected chi connectivity index (χ3v) is 2.83. The van der Waals surface area contributed by atoms with Gasteiger partial charge in [0.15, 0.2) is 0 Å². The van der Waals surface area contributed by atoms with E-state index in [0.717, 1.165) is 24.6 Å². The Hall–Kier alpha value is -1.62. The molecule has 1 saturated heterocycles. The van der Waals surface area contributed by atoms with Crippen LogP contribution in [0.3, 0.4) is 0 Å². The summed E-state index contributed by atoms with van der Waals surface area (Å²) in [5, 5.41) is 6.01. The van der Waals surface area contributed by atoms with Crippen LogP contribution in [-0.4, -0.2) is 38.1 Å². The molecule has 0 atom stereocenters. The van der Waals surface area contributed by atoms with Crippen molar-refractivity contribution in [2.24, 2.45) is 5.92 Å². The molecule has 92 valence electrons. The smallest absolute Gasteiger partial charge is 0.224 e. The molecule has 5 nitrogen and oxygen atoms in total. The summed E-state index contributed by atoms with van der Waals surface area (Å²) in [6.45, 7) is 1.90. The Balaban J connectivity index is 1.87. The number of aromatic nitrogens is 1. The van der Waals surface area contributed by atoms with E-state index in [4.69, 9.17) is 0 Å². The number of rotatable bonds is 4. The van der Waals surface area contributed by atoms with Crippen molar-refractivity contribution < 1.29 is 4.79 Å². The number of pyridine rings is 1. The molecule has 0 saturated carbocycles. The van der Waals surface area contributed by atoms with Gasteiger partial charge in [0, 0.05) is 20.5 Å². The predicted molar refractivity (Wildman–Crippen MR) is 68.2 cm³/mol. The Bertz CT molecular complexity index is 384. The average molecular weight is 234 g/mol. The molecule has 1 aliphatic rings. The van der Waals surface area contributed by atoms with E-state index in [1.807, 2.05) is 31.1 Å². The fourth-order valence-electron chi connectivity index (χ4n) is 1.69. The fourth-order valence-corrected chi connectivity index (χ4v) is 1.69. The molecule has 1 aromatic rings. The van der Waals surface area contributed by atoms with Gasteiger partial charge < -0.3 is 15.5 Å². The Morgan fingerprint density at radius 3 is 2.76 bits per heavy atom. The molecule has 1 aromatic heterocycles. The lowest BCUT2D eigenvalue weighted by molar-refractivity contribution is -0.117. The highest BCUT2D eigenvalue weighted by Gasteiger charge is 2.19. The zero-order valence-electron chi connectivity index (χ0n) is 10.2. The van der Waals surface area contributed by atoms with Crippen LogP contribution in [0.5, 0.6) is 0 Å². The Labute approximate surface area is 101 Å². The van der Waals surface area contributed by atoms with Crippen molar-refractivity contribution >= 4 is 17.4 Å². The van der Waals surface area contributed by atoms with E-state index in [0.29, 0.717) is 12.3 Å². The zero-order chi connectivity index (χ0) is 12.3. The minimum absolute atomic E-state index is 0.0657. The second kappa shape index (κ2) is 5.14. The van der Waals surface area contributed by atoms with Crippen LogP contribution in [0.2, 0.25) is 0 Å². The highest BCUT2D eigenvalue weighted by molar-refractivity contribution is 5.90. The highest BCUT2D eigenvalue weighted by atomic mass is 16.1. The van der Waals surface area contributed by atoms with Crippen molar-refractivity contribution in [3.8, 4) is 0 Å². The van der Waals surface area contributed by atoms with Gasteiger partial charge in [-0.2, -0.15) is 0 Å². The lowest BCUT2D eigenvalue weighted by Gasteiger charge is -2.26. The van der Waals surface area contributed by atoms with Crippen molar-refractivity contribution in [2.45, 2.75) is 6.42 Å². The van der Waals surface area contributed by atoms with Crippen molar-refractivity contribution in [2.75, 3.05) is 37.4 Å². The summed E-state index contributed by atoms with van der Waals surface area (Å²) in [4.78, 5) is 17.8. The standard InChI is InChI=1S/C12H18N4O/c1-16(2)11-4-3-10(8-14-11)15-12(17)5-9-6-13-7-9/h3-4,8-9,13H,5-7H2,1-2H3,(H,15,17). The lowest BCUT2D eigenvalue weighted by atomic mass is 9.99. The quantitative estimate of drug-likeness (QED) is 0.805. The molecule has 5 heteroatoms. The molecule has 0 radical (unpaired) electrons. The van der Waals surface area contributed by atoms with Gasteiger partial charge in [0.05, 0.1) is 11.9 Å². The molecule has 1 amide bonds. The van der Waals surface area contributed by atoms with Crippen LogP contribution >= 0.6 is 0 Å². The Morgan fingerprint density at radius 1 is 1.53 bits per heavy atom. The van der Waals surface area contributed by atoms with Gasteiger partial charge in [0.2, 0.25) is 5.91 Å². The summed E-state index contributed by atoms with van der Waals surface area (Å²) < 4.78 is 0. The molecule has 0 unspecified atom stereocenters. The molecule has 17 heavy (non-hydrogen) atoms. The molecule has 2 rings (SSSR count). The molecule has 2 N–H and O–H groups in total. The second-order valence-corrected chi connectivity index (χ2v) is 4.58. The number of anilines is 2. The monoisotopic (exact) mass is 234 g/mol. The first-order valence-electron chi connectivity index (χ1n) is 5.79. The first-order chi connectivity index (χ1) is 8.15. The summed E-state index contributed by atoms with van der Waals surface area (Å²) in [7, 11) is 3.87. The maximum atomic E-state index is 11.7. The van der Waals surface area contributed by atoms with Crippen LogP contribution in [0.1, 0.15) is 6.42 Å². The van der Waals surface area contributed by atoms with E-state index in [1.54, 1.807) is 6.20 Å². The Kier molecular flexibility index (Phi) is 3.58. The molecule has 1 aliphatic heterocycles. The molecule has 0 bridgehead atoms. The van der Waals surface area contributed by atoms with Crippen molar-refractivity contribution in [3.05, 3.63) is 18.3 Å². The van der Waals surface area contributed by atoms with E-state index in [-0.39, 0.29) is 5.91 Å². The second-order valence-electron chi connectivity index (χ2n) is 4.58. The van der Waals surface area contributed by atoms with E-state index < -0.39 is 0 Å². The third-order valence-electron chi connectivity index (χ3n) is 2.83. The maximum absolute atomic E-state index is 11.7. The highest BCUT2D eigenvalue weighted by Crippen LogP contribution is 2.14. The predicted octanol–water partition coefficient (Wildman–Crippen LogP) is 0.696. The summed E-state index contributed by atoms with van der Waals surface area (Å²) in [6.07, 6.45) is 2.27. The van der Waals surface area contributed by atoms with Gasteiger partial charge in [-0.25, -0.2) is 4.98 Å². The topological polar surface area (TPSA) is 57.3 Å².